The summed E-state index contributed by atoms with van der Waals surface area (Å²) in [7, 11) is 0. The molecule has 22 heavy (non-hydrogen) atoms. The van der Waals surface area contributed by atoms with Crippen LogP contribution < -0.4 is 4.74 Å². The number of carbonyl (C=O) groups excluding carboxylic acids is 2. The average Bonchev–Trinajstić information content (AvgIpc) is 3.16. The molecule has 116 valence electrons. The molecule has 0 saturated carbocycles. The predicted octanol–water partition coefficient (Wildman–Crippen LogP) is 2.47. The van der Waals surface area contributed by atoms with Crippen molar-refractivity contribution in [3.63, 3.8) is 0 Å². The molecule has 1 fully saturated rings. The van der Waals surface area contributed by atoms with Gasteiger partial charge in [-0.15, -0.1) is 0 Å². The Labute approximate surface area is 129 Å². The molecule has 2 heterocycles. The molecular weight excluding hydrogens is 280 g/mol. The number of hydrogen-bond donors (Lipinski definition) is 0. The van der Waals surface area contributed by atoms with Gasteiger partial charge in [-0.05, 0) is 38.0 Å². The zero-order valence-corrected chi connectivity index (χ0v) is 12.7. The molecule has 1 aliphatic heterocycles. The molecule has 0 spiro atoms. The van der Waals surface area contributed by atoms with Crippen molar-refractivity contribution in [2.75, 3.05) is 19.7 Å². The second kappa shape index (κ2) is 6.22. The highest BCUT2D eigenvalue weighted by atomic mass is 16.5. The number of hydrogen-bond acceptors (Lipinski definition) is 3. The normalized spacial score (nSPS) is 14.5. The lowest BCUT2D eigenvalue weighted by Crippen LogP contribution is -2.30. The summed E-state index contributed by atoms with van der Waals surface area (Å²) >= 11 is 0. The zero-order valence-electron chi connectivity index (χ0n) is 12.7. The molecule has 5 nitrogen and oxygen atoms in total. The van der Waals surface area contributed by atoms with Crippen molar-refractivity contribution in [2.24, 2.45) is 0 Å². The van der Waals surface area contributed by atoms with Gasteiger partial charge >= 0.3 is 0 Å². The molecule has 0 aliphatic carbocycles. The molecule has 0 atom stereocenters. The van der Waals surface area contributed by atoms with Gasteiger partial charge < -0.3 is 14.2 Å². The van der Waals surface area contributed by atoms with Crippen LogP contribution in [0.1, 0.15) is 30.1 Å². The molecule has 5 heteroatoms. The summed E-state index contributed by atoms with van der Waals surface area (Å²) in [6.07, 6.45) is 4.74. The van der Waals surface area contributed by atoms with Crippen LogP contribution in [-0.2, 0) is 11.3 Å². The van der Waals surface area contributed by atoms with E-state index in [2.05, 4.69) is 0 Å². The molecule has 3 rings (SSSR count). The van der Waals surface area contributed by atoms with Crippen LogP contribution in [0, 0.1) is 0 Å². The summed E-state index contributed by atoms with van der Waals surface area (Å²) in [5.41, 5.74) is 1.48. The first kappa shape index (κ1) is 14.6. The lowest BCUT2D eigenvalue weighted by molar-refractivity contribution is -0.130. The predicted molar refractivity (Wildman–Crippen MR) is 84.3 cm³/mol. The van der Waals surface area contributed by atoms with Crippen LogP contribution in [0.4, 0.5) is 0 Å². The molecule has 0 bridgehead atoms. The fourth-order valence-electron chi connectivity index (χ4n) is 3.00. The van der Waals surface area contributed by atoms with E-state index in [1.165, 1.54) is 0 Å². The van der Waals surface area contributed by atoms with Crippen molar-refractivity contribution in [1.29, 1.82) is 0 Å². The Morgan fingerprint density at radius 3 is 2.77 bits per heavy atom. The topological polar surface area (TPSA) is 51.5 Å². The fourth-order valence-corrected chi connectivity index (χ4v) is 3.00. The number of amides is 1. The van der Waals surface area contributed by atoms with Gasteiger partial charge in [0.25, 0.3) is 0 Å². The van der Waals surface area contributed by atoms with Crippen LogP contribution in [0.15, 0.2) is 24.4 Å². The average molecular weight is 300 g/mol. The Hall–Kier alpha value is -2.30. The Morgan fingerprint density at radius 2 is 2.09 bits per heavy atom. The van der Waals surface area contributed by atoms with Crippen molar-refractivity contribution in [3.05, 3.63) is 30.0 Å². The standard InChI is InChI=1S/C17H20N2O3/c1-2-22-14-5-6-16-15(9-14)13(12-20)10-19(16)11-17(21)18-7-3-4-8-18/h5-6,9-10,12H,2-4,7-8,11H2,1H3. The molecule has 0 radical (unpaired) electrons. The number of aromatic nitrogens is 1. The second-order valence-corrected chi connectivity index (χ2v) is 5.53. The summed E-state index contributed by atoms with van der Waals surface area (Å²) in [6.45, 7) is 4.46. The van der Waals surface area contributed by atoms with Gasteiger partial charge in [0.1, 0.15) is 12.3 Å². The van der Waals surface area contributed by atoms with Crippen LogP contribution in [0.2, 0.25) is 0 Å². The van der Waals surface area contributed by atoms with E-state index in [4.69, 9.17) is 4.74 Å². The maximum absolute atomic E-state index is 12.3. The van der Waals surface area contributed by atoms with Crippen LogP contribution in [-0.4, -0.2) is 41.4 Å². The van der Waals surface area contributed by atoms with Crippen molar-refractivity contribution < 1.29 is 14.3 Å². The van der Waals surface area contributed by atoms with Gasteiger partial charge in [-0.1, -0.05) is 0 Å². The number of nitrogens with zero attached hydrogens (tertiary/aromatic N) is 2. The van der Waals surface area contributed by atoms with Crippen molar-refractivity contribution in [2.45, 2.75) is 26.3 Å². The third-order valence-corrected chi connectivity index (χ3v) is 4.09. The van der Waals surface area contributed by atoms with Crippen LogP contribution >= 0.6 is 0 Å². The van der Waals surface area contributed by atoms with Gasteiger partial charge in [0, 0.05) is 35.8 Å². The minimum Gasteiger partial charge on any atom is -0.494 e. The SMILES string of the molecule is CCOc1ccc2c(c1)c(C=O)cn2CC(=O)N1CCCC1. The molecule has 0 unspecified atom stereocenters. The van der Waals surface area contributed by atoms with Crippen molar-refractivity contribution in [1.82, 2.24) is 9.47 Å². The first-order valence-electron chi connectivity index (χ1n) is 7.71. The van der Waals surface area contributed by atoms with Crippen molar-refractivity contribution >= 4 is 23.1 Å². The van der Waals surface area contributed by atoms with E-state index in [9.17, 15) is 9.59 Å². The molecule has 2 aromatic rings. The fraction of sp³-hybridized carbons (Fsp3) is 0.412. The molecule has 0 N–H and O–H groups in total. The van der Waals surface area contributed by atoms with Gasteiger partial charge in [-0.2, -0.15) is 0 Å². The minimum atomic E-state index is 0.112. The summed E-state index contributed by atoms with van der Waals surface area (Å²) in [6, 6.07) is 5.64. The van der Waals surface area contributed by atoms with Crippen molar-refractivity contribution in [3.8, 4) is 5.75 Å². The third-order valence-electron chi connectivity index (χ3n) is 4.09. The van der Waals surface area contributed by atoms with Gasteiger partial charge in [0.15, 0.2) is 6.29 Å². The maximum atomic E-state index is 12.3. The Balaban J connectivity index is 1.92. The van der Waals surface area contributed by atoms with Crippen LogP contribution in [0.25, 0.3) is 10.9 Å². The van der Waals surface area contributed by atoms with E-state index in [0.29, 0.717) is 12.2 Å². The molecule has 1 aromatic heterocycles. The summed E-state index contributed by atoms with van der Waals surface area (Å²) in [5, 5.41) is 0.829. The highest BCUT2D eigenvalue weighted by Crippen LogP contribution is 2.25. The van der Waals surface area contributed by atoms with Crippen LogP contribution in [0.3, 0.4) is 0 Å². The highest BCUT2D eigenvalue weighted by Gasteiger charge is 2.19. The van der Waals surface area contributed by atoms with Gasteiger partial charge in [-0.25, -0.2) is 0 Å². The number of benzene rings is 1. The lowest BCUT2D eigenvalue weighted by Gasteiger charge is -2.16. The number of fused-ring (bicyclic) bond motifs is 1. The maximum Gasteiger partial charge on any atom is 0.242 e. The minimum absolute atomic E-state index is 0.112. The summed E-state index contributed by atoms with van der Waals surface area (Å²) in [4.78, 5) is 25.5. The highest BCUT2D eigenvalue weighted by molar-refractivity contribution is 5.98. The molecule has 1 aliphatic rings. The third kappa shape index (κ3) is 2.71. The number of likely N-dealkylation sites (tertiary alicyclic amines) is 1. The smallest absolute Gasteiger partial charge is 0.242 e. The van der Waals surface area contributed by atoms with Gasteiger partial charge in [0.2, 0.25) is 5.91 Å². The van der Waals surface area contributed by atoms with E-state index in [0.717, 1.165) is 48.9 Å². The van der Waals surface area contributed by atoms with E-state index in [1.807, 2.05) is 34.6 Å². The quantitative estimate of drug-likeness (QED) is 0.797. The Bertz CT molecular complexity index is 699. The van der Waals surface area contributed by atoms with E-state index in [1.54, 1.807) is 6.20 Å². The van der Waals surface area contributed by atoms with Gasteiger partial charge in [-0.3, -0.25) is 9.59 Å². The van der Waals surface area contributed by atoms with Gasteiger partial charge in [0.05, 0.1) is 6.61 Å². The Morgan fingerprint density at radius 1 is 1.32 bits per heavy atom. The monoisotopic (exact) mass is 300 g/mol. The molecule has 1 aromatic carbocycles. The summed E-state index contributed by atoms with van der Waals surface area (Å²) < 4.78 is 7.34. The second-order valence-electron chi connectivity index (χ2n) is 5.53. The number of aldehydes is 1. The van der Waals surface area contributed by atoms with Crippen LogP contribution in [0.5, 0.6) is 5.75 Å². The number of carbonyl (C=O) groups is 2. The van der Waals surface area contributed by atoms with E-state index < -0.39 is 0 Å². The molecule has 1 amide bonds. The molecular formula is C17H20N2O3. The van der Waals surface area contributed by atoms with E-state index in [-0.39, 0.29) is 12.5 Å². The summed E-state index contributed by atoms with van der Waals surface area (Å²) in [5.74, 6) is 0.849. The zero-order chi connectivity index (χ0) is 15.5. The first-order valence-corrected chi connectivity index (χ1v) is 7.71. The van der Waals surface area contributed by atoms with E-state index >= 15 is 0 Å². The first-order chi connectivity index (χ1) is 10.7. The lowest BCUT2D eigenvalue weighted by atomic mass is 10.2. The Kier molecular flexibility index (Phi) is 4.13. The number of rotatable bonds is 5. The number of ether oxygens (including phenoxy) is 1. The largest absolute Gasteiger partial charge is 0.494 e. The molecule has 1 saturated heterocycles.